The van der Waals surface area contributed by atoms with Crippen LogP contribution >= 0.6 is 15.9 Å². The molecule has 3 aromatic rings. The van der Waals surface area contributed by atoms with Crippen LogP contribution in [0.1, 0.15) is 5.89 Å². The Morgan fingerprint density at radius 1 is 1.14 bits per heavy atom. The van der Waals surface area contributed by atoms with Crippen molar-refractivity contribution in [1.29, 1.82) is 0 Å². The Balaban J connectivity index is 1.72. The van der Waals surface area contributed by atoms with E-state index in [-0.39, 0.29) is 5.82 Å². The van der Waals surface area contributed by atoms with Gasteiger partial charge in [-0.2, -0.15) is 4.98 Å². The summed E-state index contributed by atoms with van der Waals surface area (Å²) in [5, 5.41) is 7.08. The fourth-order valence-electron chi connectivity index (χ4n) is 1.81. The van der Waals surface area contributed by atoms with Gasteiger partial charge in [-0.25, -0.2) is 4.39 Å². The number of rotatable bonds is 4. The van der Waals surface area contributed by atoms with Gasteiger partial charge < -0.3 is 9.84 Å². The molecule has 4 nitrogen and oxygen atoms in total. The Morgan fingerprint density at radius 2 is 1.95 bits per heavy atom. The van der Waals surface area contributed by atoms with Crippen LogP contribution in [-0.2, 0) is 6.54 Å². The molecule has 0 saturated carbocycles. The molecule has 106 valence electrons. The Hall–Kier alpha value is -2.21. The predicted octanol–water partition coefficient (Wildman–Crippen LogP) is 4.25. The maximum Gasteiger partial charge on any atom is 0.246 e. The topological polar surface area (TPSA) is 51.0 Å². The first-order chi connectivity index (χ1) is 10.2. The van der Waals surface area contributed by atoms with Gasteiger partial charge in [-0.3, -0.25) is 0 Å². The van der Waals surface area contributed by atoms with Gasteiger partial charge in [-0.15, -0.1) is 0 Å². The minimum Gasteiger partial charge on any atom is -0.376 e. The van der Waals surface area contributed by atoms with E-state index in [0.717, 1.165) is 5.69 Å². The number of para-hydroxylation sites is 1. The molecule has 0 amide bonds. The van der Waals surface area contributed by atoms with E-state index in [2.05, 4.69) is 31.4 Å². The zero-order valence-corrected chi connectivity index (χ0v) is 12.5. The summed E-state index contributed by atoms with van der Waals surface area (Å²) in [4.78, 5) is 4.28. The van der Waals surface area contributed by atoms with Crippen LogP contribution in [0.25, 0.3) is 11.4 Å². The molecule has 1 heterocycles. The molecule has 0 aliphatic carbocycles. The molecule has 0 unspecified atom stereocenters. The number of benzene rings is 2. The van der Waals surface area contributed by atoms with E-state index in [1.54, 1.807) is 12.1 Å². The van der Waals surface area contributed by atoms with E-state index in [0.29, 0.717) is 28.3 Å². The zero-order chi connectivity index (χ0) is 14.7. The third kappa shape index (κ3) is 3.28. The Morgan fingerprint density at radius 3 is 2.71 bits per heavy atom. The van der Waals surface area contributed by atoms with Crippen molar-refractivity contribution in [3.8, 4) is 11.4 Å². The molecule has 1 aromatic heterocycles. The Kier molecular flexibility index (Phi) is 3.96. The van der Waals surface area contributed by atoms with Gasteiger partial charge in [-0.1, -0.05) is 23.4 Å². The van der Waals surface area contributed by atoms with Crippen LogP contribution in [0.3, 0.4) is 0 Å². The van der Waals surface area contributed by atoms with Gasteiger partial charge in [0, 0.05) is 11.3 Å². The summed E-state index contributed by atoms with van der Waals surface area (Å²) in [6.45, 7) is 0.430. The first kappa shape index (κ1) is 13.8. The van der Waals surface area contributed by atoms with Crippen LogP contribution in [0.4, 0.5) is 10.1 Å². The van der Waals surface area contributed by atoms with Crippen molar-refractivity contribution in [2.45, 2.75) is 6.54 Å². The molecule has 1 N–H and O–H groups in total. The summed E-state index contributed by atoms with van der Waals surface area (Å²) in [7, 11) is 0. The van der Waals surface area contributed by atoms with Crippen LogP contribution in [0.5, 0.6) is 0 Å². The first-order valence-electron chi connectivity index (χ1n) is 6.29. The van der Waals surface area contributed by atoms with E-state index in [4.69, 9.17) is 4.52 Å². The number of hydrogen-bond donors (Lipinski definition) is 1. The van der Waals surface area contributed by atoms with Gasteiger partial charge in [0.15, 0.2) is 0 Å². The van der Waals surface area contributed by atoms with Crippen LogP contribution in [-0.4, -0.2) is 10.1 Å². The maximum absolute atomic E-state index is 13.2. The highest BCUT2D eigenvalue weighted by atomic mass is 79.9. The average Bonchev–Trinajstić information content (AvgIpc) is 2.98. The molecule has 0 saturated heterocycles. The molecule has 0 radical (unpaired) electrons. The first-order valence-corrected chi connectivity index (χ1v) is 7.08. The number of hydrogen-bond acceptors (Lipinski definition) is 4. The van der Waals surface area contributed by atoms with Crippen molar-refractivity contribution in [2.75, 3.05) is 5.32 Å². The minimum atomic E-state index is -0.326. The highest BCUT2D eigenvalue weighted by molar-refractivity contribution is 9.10. The fraction of sp³-hybridized carbons (Fsp3) is 0.0667. The van der Waals surface area contributed by atoms with Crippen molar-refractivity contribution >= 4 is 21.6 Å². The maximum atomic E-state index is 13.2. The van der Waals surface area contributed by atoms with Crippen molar-refractivity contribution in [2.24, 2.45) is 0 Å². The lowest BCUT2D eigenvalue weighted by Crippen LogP contribution is -1.99. The highest BCUT2D eigenvalue weighted by Gasteiger charge is 2.10. The summed E-state index contributed by atoms with van der Waals surface area (Å²) in [6, 6.07) is 14.3. The van der Waals surface area contributed by atoms with Gasteiger partial charge in [0.05, 0.1) is 11.0 Å². The number of aromatic nitrogens is 2. The second-order valence-electron chi connectivity index (χ2n) is 4.36. The van der Waals surface area contributed by atoms with Crippen LogP contribution < -0.4 is 5.32 Å². The molecule has 0 spiro atoms. The quantitative estimate of drug-likeness (QED) is 0.766. The molecule has 0 aliphatic heterocycles. The average molecular weight is 348 g/mol. The van der Waals surface area contributed by atoms with E-state index < -0.39 is 0 Å². The number of halogens is 2. The van der Waals surface area contributed by atoms with Crippen molar-refractivity contribution in [3.05, 3.63) is 64.7 Å². The summed E-state index contributed by atoms with van der Waals surface area (Å²) < 4.78 is 18.8. The second kappa shape index (κ2) is 6.05. The molecular formula is C15H11BrFN3O. The van der Waals surface area contributed by atoms with E-state index in [9.17, 15) is 4.39 Å². The van der Waals surface area contributed by atoms with E-state index in [1.165, 1.54) is 6.07 Å². The Labute approximate surface area is 129 Å². The van der Waals surface area contributed by atoms with Gasteiger partial charge in [-0.05, 0) is 46.3 Å². The van der Waals surface area contributed by atoms with Crippen molar-refractivity contribution in [1.82, 2.24) is 10.1 Å². The number of anilines is 1. The normalized spacial score (nSPS) is 10.6. The second-order valence-corrected chi connectivity index (χ2v) is 5.21. The standard InChI is InChI=1S/C15H11BrFN3O/c16-12-8-10(6-7-13(12)17)15-19-14(21-20-15)9-18-11-4-2-1-3-5-11/h1-8,18H,9H2. The molecule has 0 fully saturated rings. The number of nitrogens with one attached hydrogen (secondary N) is 1. The number of nitrogens with zero attached hydrogens (tertiary/aromatic N) is 2. The van der Waals surface area contributed by atoms with Crippen LogP contribution in [0, 0.1) is 5.82 Å². The minimum absolute atomic E-state index is 0.326. The van der Waals surface area contributed by atoms with Crippen LogP contribution in [0.2, 0.25) is 0 Å². The lowest BCUT2D eigenvalue weighted by atomic mass is 10.2. The molecule has 2 aromatic carbocycles. The lowest BCUT2D eigenvalue weighted by molar-refractivity contribution is 0.384. The largest absolute Gasteiger partial charge is 0.376 e. The zero-order valence-electron chi connectivity index (χ0n) is 10.9. The third-order valence-corrected chi connectivity index (χ3v) is 3.47. The Bertz CT molecular complexity index is 746. The summed E-state index contributed by atoms with van der Waals surface area (Å²) >= 11 is 3.14. The molecule has 3 rings (SSSR count). The van der Waals surface area contributed by atoms with Gasteiger partial charge in [0.25, 0.3) is 0 Å². The van der Waals surface area contributed by atoms with Gasteiger partial charge >= 0.3 is 0 Å². The SMILES string of the molecule is Fc1ccc(-c2noc(CNc3ccccc3)n2)cc1Br. The third-order valence-electron chi connectivity index (χ3n) is 2.86. The molecule has 0 aliphatic rings. The van der Waals surface area contributed by atoms with E-state index >= 15 is 0 Å². The fourth-order valence-corrected chi connectivity index (χ4v) is 2.19. The van der Waals surface area contributed by atoms with Crippen LogP contribution in [0.15, 0.2) is 57.5 Å². The summed E-state index contributed by atoms with van der Waals surface area (Å²) in [6.07, 6.45) is 0. The lowest BCUT2D eigenvalue weighted by Gasteiger charge is -2.01. The summed E-state index contributed by atoms with van der Waals surface area (Å²) in [5.74, 6) is 0.572. The van der Waals surface area contributed by atoms with Gasteiger partial charge in [0.1, 0.15) is 5.82 Å². The highest BCUT2D eigenvalue weighted by Crippen LogP contribution is 2.23. The smallest absolute Gasteiger partial charge is 0.246 e. The van der Waals surface area contributed by atoms with Crippen molar-refractivity contribution in [3.63, 3.8) is 0 Å². The molecule has 6 heteroatoms. The molecule has 0 atom stereocenters. The molecule has 21 heavy (non-hydrogen) atoms. The van der Waals surface area contributed by atoms with Gasteiger partial charge in [0.2, 0.25) is 11.7 Å². The predicted molar refractivity (Wildman–Crippen MR) is 81.2 cm³/mol. The summed E-state index contributed by atoms with van der Waals surface area (Å²) in [5.41, 5.74) is 1.67. The molecular weight excluding hydrogens is 337 g/mol. The molecule has 0 bridgehead atoms. The van der Waals surface area contributed by atoms with Crippen molar-refractivity contribution < 1.29 is 8.91 Å². The van der Waals surface area contributed by atoms with E-state index in [1.807, 2.05) is 30.3 Å². The monoisotopic (exact) mass is 347 g/mol.